The summed E-state index contributed by atoms with van der Waals surface area (Å²) in [6, 6.07) is 2.25. The summed E-state index contributed by atoms with van der Waals surface area (Å²) in [5.74, 6) is 1.92. The van der Waals surface area contributed by atoms with Gasteiger partial charge in [-0.1, -0.05) is 19.9 Å². The molecule has 19 heavy (non-hydrogen) atoms. The highest BCUT2D eigenvalue weighted by molar-refractivity contribution is 7.99. The number of aromatic nitrogens is 1. The zero-order chi connectivity index (χ0) is 14.5. The lowest BCUT2D eigenvalue weighted by atomic mass is 10.1. The molecule has 0 aliphatic carbocycles. The summed E-state index contributed by atoms with van der Waals surface area (Å²) < 4.78 is 0. The Morgan fingerprint density at radius 1 is 1.32 bits per heavy atom. The van der Waals surface area contributed by atoms with Crippen LogP contribution >= 0.6 is 11.8 Å². The summed E-state index contributed by atoms with van der Waals surface area (Å²) in [7, 11) is 0. The molecule has 0 amide bonds. The van der Waals surface area contributed by atoms with Crippen molar-refractivity contribution in [3.05, 3.63) is 23.4 Å². The standard InChI is InChI=1S/C16H28N2S/c1-12(2)7-8-19-15-13(3)9-14(10-17-15)11-18-16(4,5)6/h9-10,12,18H,7-8,11H2,1-6H3. The third-order valence-electron chi connectivity index (χ3n) is 2.84. The molecular weight excluding hydrogens is 252 g/mol. The van der Waals surface area contributed by atoms with Crippen molar-refractivity contribution in [2.24, 2.45) is 5.92 Å². The Bertz CT molecular complexity index is 394. The summed E-state index contributed by atoms with van der Waals surface area (Å²) in [6.07, 6.45) is 3.25. The van der Waals surface area contributed by atoms with E-state index in [9.17, 15) is 0 Å². The Labute approximate surface area is 122 Å². The first kappa shape index (κ1) is 16.5. The van der Waals surface area contributed by atoms with Gasteiger partial charge in [0.25, 0.3) is 0 Å². The minimum absolute atomic E-state index is 0.151. The van der Waals surface area contributed by atoms with Crippen LogP contribution in [0, 0.1) is 12.8 Å². The number of thioether (sulfide) groups is 1. The van der Waals surface area contributed by atoms with E-state index < -0.39 is 0 Å². The Morgan fingerprint density at radius 3 is 2.53 bits per heavy atom. The second-order valence-corrected chi connectivity index (χ2v) is 7.68. The van der Waals surface area contributed by atoms with E-state index in [2.05, 4.69) is 57.9 Å². The molecule has 0 atom stereocenters. The van der Waals surface area contributed by atoms with E-state index in [1.165, 1.54) is 22.6 Å². The first-order valence-electron chi connectivity index (χ1n) is 7.11. The summed E-state index contributed by atoms with van der Waals surface area (Å²) >= 11 is 1.88. The largest absolute Gasteiger partial charge is 0.308 e. The van der Waals surface area contributed by atoms with Crippen molar-refractivity contribution < 1.29 is 0 Å². The Hall–Kier alpha value is -0.540. The molecule has 0 radical (unpaired) electrons. The van der Waals surface area contributed by atoms with Crippen LogP contribution in [-0.4, -0.2) is 16.3 Å². The van der Waals surface area contributed by atoms with Gasteiger partial charge in [0, 0.05) is 18.3 Å². The second-order valence-electron chi connectivity index (χ2n) is 6.60. The van der Waals surface area contributed by atoms with Gasteiger partial charge < -0.3 is 5.32 Å². The highest BCUT2D eigenvalue weighted by Crippen LogP contribution is 2.22. The van der Waals surface area contributed by atoms with Crippen LogP contribution in [0.15, 0.2) is 17.3 Å². The normalized spacial score (nSPS) is 12.2. The maximum atomic E-state index is 4.60. The number of hydrogen-bond donors (Lipinski definition) is 1. The maximum Gasteiger partial charge on any atom is 0.0989 e. The van der Waals surface area contributed by atoms with Crippen LogP contribution in [0.1, 0.15) is 52.2 Å². The smallest absolute Gasteiger partial charge is 0.0989 e. The SMILES string of the molecule is Cc1cc(CNC(C)(C)C)cnc1SCCC(C)C. The first-order chi connectivity index (χ1) is 8.78. The van der Waals surface area contributed by atoms with Crippen molar-refractivity contribution >= 4 is 11.8 Å². The molecule has 0 bridgehead atoms. The highest BCUT2D eigenvalue weighted by Gasteiger charge is 2.09. The summed E-state index contributed by atoms with van der Waals surface area (Å²) in [6.45, 7) is 14.1. The lowest BCUT2D eigenvalue weighted by Crippen LogP contribution is -2.35. The molecule has 1 N–H and O–H groups in total. The zero-order valence-electron chi connectivity index (χ0n) is 13.2. The first-order valence-corrected chi connectivity index (χ1v) is 8.10. The molecule has 0 aliphatic heterocycles. The quantitative estimate of drug-likeness (QED) is 0.781. The zero-order valence-corrected chi connectivity index (χ0v) is 14.0. The molecule has 0 spiro atoms. The minimum atomic E-state index is 0.151. The fourth-order valence-electron chi connectivity index (χ4n) is 1.63. The Balaban J connectivity index is 2.54. The topological polar surface area (TPSA) is 24.9 Å². The Kier molecular flexibility index (Phi) is 6.34. The molecule has 3 heteroatoms. The van der Waals surface area contributed by atoms with E-state index >= 15 is 0 Å². The van der Waals surface area contributed by atoms with Crippen molar-refractivity contribution in [3.63, 3.8) is 0 Å². The lowest BCUT2D eigenvalue weighted by molar-refractivity contribution is 0.424. The van der Waals surface area contributed by atoms with Crippen LogP contribution in [0.4, 0.5) is 0 Å². The van der Waals surface area contributed by atoms with Crippen LogP contribution in [0.3, 0.4) is 0 Å². The van der Waals surface area contributed by atoms with Gasteiger partial charge in [0.15, 0.2) is 0 Å². The van der Waals surface area contributed by atoms with Crippen LogP contribution < -0.4 is 5.32 Å². The van der Waals surface area contributed by atoms with Gasteiger partial charge in [0.1, 0.15) is 0 Å². The molecule has 0 saturated heterocycles. The van der Waals surface area contributed by atoms with E-state index in [0.717, 1.165) is 18.2 Å². The fraction of sp³-hybridized carbons (Fsp3) is 0.688. The Morgan fingerprint density at radius 2 is 2.00 bits per heavy atom. The predicted octanol–water partition coefficient (Wildman–Crippen LogP) is 4.42. The van der Waals surface area contributed by atoms with E-state index in [0.29, 0.717) is 0 Å². The minimum Gasteiger partial charge on any atom is -0.308 e. The van der Waals surface area contributed by atoms with Gasteiger partial charge in [-0.15, -0.1) is 11.8 Å². The number of nitrogens with one attached hydrogen (secondary N) is 1. The van der Waals surface area contributed by atoms with Crippen molar-refractivity contribution in [1.29, 1.82) is 0 Å². The van der Waals surface area contributed by atoms with Crippen molar-refractivity contribution in [2.45, 2.75) is 65.1 Å². The van der Waals surface area contributed by atoms with Gasteiger partial charge in [-0.05, 0) is 56.9 Å². The van der Waals surface area contributed by atoms with E-state index in [1.54, 1.807) is 0 Å². The number of aryl methyl sites for hydroxylation is 1. The summed E-state index contributed by atoms with van der Waals surface area (Å²) in [5.41, 5.74) is 2.71. The molecule has 0 unspecified atom stereocenters. The number of hydrogen-bond acceptors (Lipinski definition) is 3. The van der Waals surface area contributed by atoms with Gasteiger partial charge in [-0.3, -0.25) is 0 Å². The van der Waals surface area contributed by atoms with Gasteiger partial charge >= 0.3 is 0 Å². The van der Waals surface area contributed by atoms with Gasteiger partial charge in [-0.25, -0.2) is 4.98 Å². The third-order valence-corrected chi connectivity index (χ3v) is 3.98. The molecule has 0 fully saturated rings. The molecule has 108 valence electrons. The average Bonchev–Trinajstić information content (AvgIpc) is 2.27. The molecule has 1 rings (SSSR count). The van der Waals surface area contributed by atoms with Crippen LogP contribution in [0.5, 0.6) is 0 Å². The molecule has 1 aromatic rings. The molecule has 1 aromatic heterocycles. The lowest BCUT2D eigenvalue weighted by Gasteiger charge is -2.20. The second kappa shape index (κ2) is 7.30. The van der Waals surface area contributed by atoms with Crippen molar-refractivity contribution in [2.75, 3.05) is 5.75 Å². The number of pyridine rings is 1. The fourth-order valence-corrected chi connectivity index (χ4v) is 2.82. The van der Waals surface area contributed by atoms with Crippen molar-refractivity contribution in [3.8, 4) is 0 Å². The molecule has 2 nitrogen and oxygen atoms in total. The van der Waals surface area contributed by atoms with Gasteiger partial charge in [0.05, 0.1) is 5.03 Å². The molecule has 0 aliphatic rings. The van der Waals surface area contributed by atoms with Crippen LogP contribution in [0.25, 0.3) is 0 Å². The molecular formula is C16H28N2S. The summed E-state index contributed by atoms with van der Waals surface area (Å²) in [5, 5.41) is 4.68. The van der Waals surface area contributed by atoms with E-state index in [-0.39, 0.29) is 5.54 Å². The van der Waals surface area contributed by atoms with Gasteiger partial charge in [0.2, 0.25) is 0 Å². The highest BCUT2D eigenvalue weighted by atomic mass is 32.2. The average molecular weight is 280 g/mol. The molecule has 0 saturated carbocycles. The molecule has 0 aromatic carbocycles. The molecule has 1 heterocycles. The van der Waals surface area contributed by atoms with E-state index in [4.69, 9.17) is 0 Å². The monoisotopic (exact) mass is 280 g/mol. The van der Waals surface area contributed by atoms with E-state index in [1.807, 2.05) is 18.0 Å². The van der Waals surface area contributed by atoms with Crippen LogP contribution in [0.2, 0.25) is 0 Å². The predicted molar refractivity (Wildman–Crippen MR) is 85.7 cm³/mol. The van der Waals surface area contributed by atoms with Crippen molar-refractivity contribution in [1.82, 2.24) is 10.3 Å². The van der Waals surface area contributed by atoms with Crippen LogP contribution in [-0.2, 0) is 6.54 Å². The van der Waals surface area contributed by atoms with Gasteiger partial charge in [-0.2, -0.15) is 0 Å². The maximum absolute atomic E-state index is 4.60. The number of rotatable bonds is 6. The summed E-state index contributed by atoms with van der Waals surface area (Å²) in [4.78, 5) is 4.60. The third kappa shape index (κ3) is 6.98. The number of nitrogens with zero attached hydrogens (tertiary/aromatic N) is 1.